The third-order valence-electron chi connectivity index (χ3n) is 4.72. The van der Waals surface area contributed by atoms with Gasteiger partial charge in [0.1, 0.15) is 17.2 Å². The predicted molar refractivity (Wildman–Crippen MR) is 116 cm³/mol. The number of halogens is 3. The van der Waals surface area contributed by atoms with Gasteiger partial charge >= 0.3 is 5.69 Å². The normalized spacial score (nSPS) is 10.8. The standard InChI is InChI=1S/C22H14ClF2N5O3/c23-21-20(30(32)33)19(5-6-26-21)22(31)27-10-13-7-14(9-17(25)8-13)15-11-28-29(12-15)18-3-1-16(24)2-4-18/h1-9,11-12H,10H2,(H,27,31). The molecule has 2 heterocycles. The van der Waals surface area contributed by atoms with Crippen LogP contribution in [0, 0.1) is 21.7 Å². The molecule has 0 aliphatic carbocycles. The molecule has 0 atom stereocenters. The molecule has 33 heavy (non-hydrogen) atoms. The molecule has 1 amide bonds. The highest BCUT2D eigenvalue weighted by atomic mass is 35.5. The number of hydrogen-bond acceptors (Lipinski definition) is 5. The molecule has 8 nitrogen and oxygen atoms in total. The van der Waals surface area contributed by atoms with Crippen molar-refractivity contribution in [3.63, 3.8) is 0 Å². The first-order chi connectivity index (χ1) is 15.8. The number of rotatable bonds is 6. The van der Waals surface area contributed by atoms with Gasteiger partial charge in [-0.25, -0.2) is 18.4 Å². The Morgan fingerprint density at radius 1 is 1.09 bits per heavy atom. The fourth-order valence-electron chi connectivity index (χ4n) is 3.19. The van der Waals surface area contributed by atoms with Gasteiger partial charge in [-0.2, -0.15) is 5.10 Å². The van der Waals surface area contributed by atoms with Crippen molar-refractivity contribution in [1.82, 2.24) is 20.1 Å². The average molecular weight is 470 g/mol. The van der Waals surface area contributed by atoms with Crippen LogP contribution in [0.4, 0.5) is 14.5 Å². The lowest BCUT2D eigenvalue weighted by Crippen LogP contribution is -2.24. The van der Waals surface area contributed by atoms with E-state index in [2.05, 4.69) is 15.4 Å². The smallest absolute Gasteiger partial charge is 0.319 e. The number of nitrogens with zero attached hydrogens (tertiary/aromatic N) is 4. The van der Waals surface area contributed by atoms with Crippen LogP contribution < -0.4 is 5.32 Å². The molecule has 1 N–H and O–H groups in total. The highest BCUT2D eigenvalue weighted by molar-refractivity contribution is 6.32. The van der Waals surface area contributed by atoms with Gasteiger partial charge in [-0.05, 0) is 59.7 Å². The second-order valence-corrected chi connectivity index (χ2v) is 7.29. The molecule has 0 bridgehead atoms. The van der Waals surface area contributed by atoms with Gasteiger partial charge in [0.2, 0.25) is 5.15 Å². The lowest BCUT2D eigenvalue weighted by Gasteiger charge is -2.08. The molecule has 4 aromatic rings. The molecular weight excluding hydrogens is 456 g/mol. The fourth-order valence-corrected chi connectivity index (χ4v) is 3.42. The van der Waals surface area contributed by atoms with Crippen molar-refractivity contribution in [2.24, 2.45) is 0 Å². The van der Waals surface area contributed by atoms with E-state index in [0.717, 1.165) is 0 Å². The number of amides is 1. The number of carbonyl (C=O) groups excluding carboxylic acids is 1. The van der Waals surface area contributed by atoms with Crippen LogP contribution in [-0.2, 0) is 6.54 Å². The number of carbonyl (C=O) groups is 1. The zero-order chi connectivity index (χ0) is 23.5. The Bertz CT molecular complexity index is 1360. The minimum absolute atomic E-state index is 0.0905. The minimum Gasteiger partial charge on any atom is -0.348 e. The minimum atomic E-state index is -0.788. The lowest BCUT2D eigenvalue weighted by molar-refractivity contribution is -0.385. The molecule has 4 rings (SSSR count). The van der Waals surface area contributed by atoms with Crippen LogP contribution in [0.3, 0.4) is 0 Å². The summed E-state index contributed by atoms with van der Waals surface area (Å²) in [5, 5.41) is 17.6. The van der Waals surface area contributed by atoms with Crippen molar-refractivity contribution in [2.45, 2.75) is 6.54 Å². The number of nitro groups is 1. The zero-order valence-electron chi connectivity index (χ0n) is 16.7. The van der Waals surface area contributed by atoms with Crippen LogP contribution in [0.25, 0.3) is 16.8 Å². The highest BCUT2D eigenvalue weighted by Crippen LogP contribution is 2.26. The molecule has 0 aliphatic rings. The Hall–Kier alpha value is -4.18. The molecule has 166 valence electrons. The summed E-state index contributed by atoms with van der Waals surface area (Å²) in [5.74, 6) is -1.66. The molecule has 0 spiro atoms. The van der Waals surface area contributed by atoms with Crippen LogP contribution in [0.5, 0.6) is 0 Å². The molecule has 0 radical (unpaired) electrons. The fraction of sp³-hybridized carbons (Fsp3) is 0.0455. The summed E-state index contributed by atoms with van der Waals surface area (Å²) in [6, 6.07) is 11.1. The van der Waals surface area contributed by atoms with Gasteiger partial charge < -0.3 is 5.32 Å². The maximum absolute atomic E-state index is 14.3. The highest BCUT2D eigenvalue weighted by Gasteiger charge is 2.24. The van der Waals surface area contributed by atoms with Gasteiger partial charge in [0.15, 0.2) is 0 Å². The van der Waals surface area contributed by atoms with E-state index in [4.69, 9.17) is 11.6 Å². The maximum atomic E-state index is 14.3. The van der Waals surface area contributed by atoms with E-state index in [1.165, 1.54) is 47.4 Å². The van der Waals surface area contributed by atoms with E-state index in [1.807, 2.05) is 0 Å². The molecule has 2 aromatic carbocycles. The Morgan fingerprint density at radius 3 is 2.58 bits per heavy atom. The summed E-state index contributed by atoms with van der Waals surface area (Å²) >= 11 is 5.74. The van der Waals surface area contributed by atoms with Gasteiger partial charge in [-0.1, -0.05) is 11.6 Å². The summed E-state index contributed by atoms with van der Waals surface area (Å²) in [4.78, 5) is 26.5. The van der Waals surface area contributed by atoms with E-state index >= 15 is 0 Å². The van der Waals surface area contributed by atoms with E-state index in [0.29, 0.717) is 22.4 Å². The van der Waals surface area contributed by atoms with Crippen molar-refractivity contribution in [3.05, 3.63) is 105 Å². The Labute approximate surface area is 190 Å². The summed E-state index contributed by atoms with van der Waals surface area (Å²) in [6.07, 6.45) is 4.37. The van der Waals surface area contributed by atoms with E-state index < -0.39 is 27.5 Å². The molecule has 0 saturated carbocycles. The number of nitrogens with one attached hydrogen (secondary N) is 1. The van der Waals surface area contributed by atoms with Gasteiger partial charge in [-0.3, -0.25) is 14.9 Å². The first-order valence-corrected chi connectivity index (χ1v) is 9.87. The molecule has 0 aliphatic heterocycles. The first-order valence-electron chi connectivity index (χ1n) is 9.49. The average Bonchev–Trinajstić information content (AvgIpc) is 3.27. The summed E-state index contributed by atoms with van der Waals surface area (Å²) in [7, 11) is 0. The van der Waals surface area contributed by atoms with Crippen LogP contribution in [0.15, 0.2) is 67.1 Å². The molecular formula is C22H14ClF2N5O3. The van der Waals surface area contributed by atoms with Gasteiger partial charge in [-0.15, -0.1) is 0 Å². The summed E-state index contributed by atoms with van der Waals surface area (Å²) in [5.41, 5.74) is 1.30. The second-order valence-electron chi connectivity index (χ2n) is 6.94. The van der Waals surface area contributed by atoms with Crippen molar-refractivity contribution in [1.29, 1.82) is 0 Å². The Balaban J connectivity index is 1.54. The Morgan fingerprint density at radius 2 is 1.85 bits per heavy atom. The number of pyridine rings is 1. The molecule has 2 aromatic heterocycles. The van der Waals surface area contributed by atoms with E-state index in [1.54, 1.807) is 24.4 Å². The Kier molecular flexibility index (Phi) is 6.09. The SMILES string of the molecule is O=C(NCc1cc(F)cc(-c2cnn(-c3ccc(F)cc3)c2)c1)c1ccnc(Cl)c1[N+](=O)[O-]. The quantitative estimate of drug-likeness (QED) is 0.250. The third-order valence-corrected chi connectivity index (χ3v) is 5.00. The monoisotopic (exact) mass is 469 g/mol. The van der Waals surface area contributed by atoms with Crippen molar-refractivity contribution in [2.75, 3.05) is 0 Å². The van der Waals surface area contributed by atoms with E-state index in [9.17, 15) is 23.7 Å². The summed E-state index contributed by atoms with van der Waals surface area (Å²) in [6.45, 7) is -0.0905. The van der Waals surface area contributed by atoms with Gasteiger partial charge in [0.05, 0.1) is 16.8 Å². The molecule has 0 fully saturated rings. The first kappa shape index (κ1) is 22.0. The molecule has 0 saturated heterocycles. The van der Waals surface area contributed by atoms with Gasteiger partial charge in [0.25, 0.3) is 5.91 Å². The van der Waals surface area contributed by atoms with Crippen molar-refractivity contribution < 1.29 is 18.5 Å². The maximum Gasteiger partial charge on any atom is 0.319 e. The van der Waals surface area contributed by atoms with Crippen molar-refractivity contribution in [3.8, 4) is 16.8 Å². The molecule has 11 heteroatoms. The predicted octanol–water partition coefficient (Wildman–Crippen LogP) is 4.70. The van der Waals surface area contributed by atoms with Crippen LogP contribution in [0.2, 0.25) is 5.15 Å². The van der Waals surface area contributed by atoms with Crippen LogP contribution >= 0.6 is 11.6 Å². The van der Waals surface area contributed by atoms with Gasteiger partial charge in [0, 0.05) is 24.5 Å². The topological polar surface area (TPSA) is 103 Å². The largest absolute Gasteiger partial charge is 0.348 e. The van der Waals surface area contributed by atoms with Crippen LogP contribution in [-0.4, -0.2) is 25.6 Å². The third kappa shape index (κ3) is 4.85. The zero-order valence-corrected chi connectivity index (χ0v) is 17.5. The molecule has 0 unspecified atom stereocenters. The number of hydrogen-bond donors (Lipinski definition) is 1. The van der Waals surface area contributed by atoms with E-state index in [-0.39, 0.29) is 17.9 Å². The van der Waals surface area contributed by atoms with Crippen molar-refractivity contribution >= 4 is 23.2 Å². The number of benzene rings is 2. The summed E-state index contributed by atoms with van der Waals surface area (Å²) < 4.78 is 28.9. The number of aromatic nitrogens is 3. The second kappa shape index (κ2) is 9.13. The lowest BCUT2D eigenvalue weighted by atomic mass is 10.1. The van der Waals surface area contributed by atoms with Crippen LogP contribution in [0.1, 0.15) is 15.9 Å².